The largest absolute Gasteiger partial charge is 0.336 e. The molecule has 3 rings (SSSR count). The molecule has 1 aromatic carbocycles. The molecule has 0 spiro atoms. The number of carbonyl (C=O) groups is 1. The molecule has 7 heteroatoms. The number of rotatable bonds is 5. The van der Waals surface area contributed by atoms with E-state index in [-0.39, 0.29) is 30.1 Å². The summed E-state index contributed by atoms with van der Waals surface area (Å²) in [6.07, 6.45) is 1.46. The number of carbonyl (C=O) groups excluding carboxylic acids is 1. The lowest BCUT2D eigenvalue weighted by Crippen LogP contribution is -2.44. The third-order valence-electron chi connectivity index (χ3n) is 4.42. The van der Waals surface area contributed by atoms with Crippen LogP contribution in [0.5, 0.6) is 0 Å². The minimum absolute atomic E-state index is 0.0198. The number of halogens is 1. The van der Waals surface area contributed by atoms with Crippen molar-refractivity contribution in [2.45, 2.75) is 46.3 Å². The Bertz CT molecular complexity index is 1010. The fourth-order valence-corrected chi connectivity index (χ4v) is 4.35. The van der Waals surface area contributed by atoms with Crippen LogP contribution in [-0.4, -0.2) is 32.4 Å². The highest BCUT2D eigenvalue weighted by molar-refractivity contribution is 7.17. The van der Waals surface area contributed by atoms with Crippen molar-refractivity contribution in [1.82, 2.24) is 14.5 Å². The molecule has 0 atom stereocenters. The van der Waals surface area contributed by atoms with E-state index >= 15 is 0 Å². The van der Waals surface area contributed by atoms with Gasteiger partial charge >= 0.3 is 0 Å². The maximum atomic E-state index is 13.1. The van der Waals surface area contributed by atoms with Crippen LogP contribution in [0.25, 0.3) is 21.3 Å². The summed E-state index contributed by atoms with van der Waals surface area (Å²) in [4.78, 5) is 32.7. The first-order valence-corrected chi connectivity index (χ1v) is 10.1. The zero-order chi connectivity index (χ0) is 19.7. The average molecular weight is 404 g/mol. The summed E-state index contributed by atoms with van der Waals surface area (Å²) in [5.41, 5.74) is 1.52. The molecule has 2 heterocycles. The Balaban J connectivity index is 2.02. The Morgan fingerprint density at radius 1 is 1.19 bits per heavy atom. The lowest BCUT2D eigenvalue weighted by Gasteiger charge is -2.31. The minimum Gasteiger partial charge on any atom is -0.336 e. The van der Waals surface area contributed by atoms with Gasteiger partial charge in [-0.15, -0.1) is 11.3 Å². The van der Waals surface area contributed by atoms with Crippen LogP contribution in [0.2, 0.25) is 5.02 Å². The van der Waals surface area contributed by atoms with Crippen molar-refractivity contribution in [3.63, 3.8) is 0 Å². The molecule has 0 unspecified atom stereocenters. The molecule has 0 saturated heterocycles. The standard InChI is InChI=1S/C20H22ClN3O2S/c1-12(2)24(13(3)4)17(25)9-23-11-22-19-18(20(23)26)16(10-27-19)14-5-7-15(21)8-6-14/h5-8,10-13H,9H2,1-4H3. The highest BCUT2D eigenvalue weighted by Crippen LogP contribution is 2.31. The number of hydrogen-bond acceptors (Lipinski definition) is 4. The van der Waals surface area contributed by atoms with Gasteiger partial charge in [0.15, 0.2) is 0 Å². The van der Waals surface area contributed by atoms with Crippen LogP contribution in [0.15, 0.2) is 40.8 Å². The number of amides is 1. The third-order valence-corrected chi connectivity index (χ3v) is 5.56. The molecule has 0 radical (unpaired) electrons. The van der Waals surface area contributed by atoms with E-state index in [4.69, 9.17) is 11.6 Å². The topological polar surface area (TPSA) is 55.2 Å². The lowest BCUT2D eigenvalue weighted by atomic mass is 10.1. The Labute approximate surface area is 167 Å². The van der Waals surface area contributed by atoms with Gasteiger partial charge in [0.05, 0.1) is 11.7 Å². The van der Waals surface area contributed by atoms with Gasteiger partial charge in [0.2, 0.25) is 5.91 Å². The average Bonchev–Trinajstić information content (AvgIpc) is 3.02. The molecule has 1 amide bonds. The van der Waals surface area contributed by atoms with E-state index in [1.165, 1.54) is 22.2 Å². The summed E-state index contributed by atoms with van der Waals surface area (Å²) in [7, 11) is 0. The Kier molecular flexibility index (Phi) is 5.67. The summed E-state index contributed by atoms with van der Waals surface area (Å²) in [5, 5.41) is 3.10. The summed E-state index contributed by atoms with van der Waals surface area (Å²) in [5.74, 6) is -0.0912. The van der Waals surface area contributed by atoms with Gasteiger partial charge in [-0.3, -0.25) is 14.2 Å². The SMILES string of the molecule is CC(C)N(C(=O)Cn1cnc2scc(-c3ccc(Cl)cc3)c2c1=O)C(C)C. The molecule has 3 aromatic rings. The van der Waals surface area contributed by atoms with Gasteiger partial charge in [0.1, 0.15) is 11.4 Å². The van der Waals surface area contributed by atoms with Crippen LogP contribution in [0, 0.1) is 0 Å². The van der Waals surface area contributed by atoms with Gasteiger partial charge in [0, 0.05) is 28.0 Å². The maximum Gasteiger partial charge on any atom is 0.263 e. The summed E-state index contributed by atoms with van der Waals surface area (Å²) in [6.45, 7) is 7.87. The number of hydrogen-bond donors (Lipinski definition) is 0. The lowest BCUT2D eigenvalue weighted by molar-refractivity contribution is -0.135. The first-order valence-electron chi connectivity index (χ1n) is 8.83. The van der Waals surface area contributed by atoms with Crippen molar-refractivity contribution >= 4 is 39.1 Å². The highest BCUT2D eigenvalue weighted by atomic mass is 35.5. The first kappa shape index (κ1) is 19.6. The predicted molar refractivity (Wildman–Crippen MR) is 111 cm³/mol. The van der Waals surface area contributed by atoms with Crippen molar-refractivity contribution < 1.29 is 4.79 Å². The quantitative estimate of drug-likeness (QED) is 0.633. The van der Waals surface area contributed by atoms with Gasteiger partial charge in [-0.1, -0.05) is 23.7 Å². The molecule has 0 N–H and O–H groups in total. The molecule has 27 heavy (non-hydrogen) atoms. The zero-order valence-corrected chi connectivity index (χ0v) is 17.3. The molecule has 0 fully saturated rings. The van der Waals surface area contributed by atoms with Crippen molar-refractivity contribution in [2.75, 3.05) is 0 Å². The van der Waals surface area contributed by atoms with Crippen molar-refractivity contribution in [3.05, 3.63) is 51.3 Å². The molecule has 0 saturated carbocycles. The van der Waals surface area contributed by atoms with Crippen LogP contribution in [0.3, 0.4) is 0 Å². The Morgan fingerprint density at radius 2 is 1.81 bits per heavy atom. The van der Waals surface area contributed by atoms with Crippen molar-refractivity contribution in [3.8, 4) is 11.1 Å². The van der Waals surface area contributed by atoms with Gasteiger partial charge in [0.25, 0.3) is 5.56 Å². The summed E-state index contributed by atoms with van der Waals surface area (Å²) >= 11 is 7.39. The minimum atomic E-state index is -0.202. The van der Waals surface area contributed by atoms with Gasteiger partial charge in [-0.2, -0.15) is 0 Å². The fraction of sp³-hybridized carbons (Fsp3) is 0.350. The van der Waals surface area contributed by atoms with Crippen LogP contribution < -0.4 is 5.56 Å². The molecule has 0 aliphatic carbocycles. The van der Waals surface area contributed by atoms with E-state index in [2.05, 4.69) is 4.98 Å². The Morgan fingerprint density at radius 3 is 2.41 bits per heavy atom. The van der Waals surface area contributed by atoms with E-state index in [0.717, 1.165) is 11.1 Å². The number of aromatic nitrogens is 2. The molecule has 0 bridgehead atoms. The van der Waals surface area contributed by atoms with Crippen molar-refractivity contribution in [2.24, 2.45) is 0 Å². The highest BCUT2D eigenvalue weighted by Gasteiger charge is 2.21. The van der Waals surface area contributed by atoms with E-state index in [1.807, 2.05) is 45.2 Å². The number of benzene rings is 1. The van der Waals surface area contributed by atoms with E-state index < -0.39 is 0 Å². The molecular formula is C20H22ClN3O2S. The van der Waals surface area contributed by atoms with Gasteiger partial charge < -0.3 is 4.90 Å². The molecule has 0 aliphatic rings. The number of fused-ring (bicyclic) bond motifs is 1. The van der Waals surface area contributed by atoms with Crippen LogP contribution >= 0.6 is 22.9 Å². The van der Waals surface area contributed by atoms with Crippen LogP contribution in [-0.2, 0) is 11.3 Å². The second-order valence-corrected chi connectivity index (χ2v) is 8.30. The zero-order valence-electron chi connectivity index (χ0n) is 15.8. The van der Waals surface area contributed by atoms with Crippen molar-refractivity contribution in [1.29, 1.82) is 0 Å². The number of nitrogens with zero attached hydrogens (tertiary/aromatic N) is 3. The number of thiophene rings is 1. The summed E-state index contributed by atoms with van der Waals surface area (Å²) < 4.78 is 1.40. The fourth-order valence-electron chi connectivity index (χ4n) is 3.32. The second-order valence-electron chi connectivity index (χ2n) is 7.00. The molecule has 2 aromatic heterocycles. The molecular weight excluding hydrogens is 382 g/mol. The van der Waals surface area contributed by atoms with E-state index in [9.17, 15) is 9.59 Å². The normalized spacial score (nSPS) is 11.5. The van der Waals surface area contributed by atoms with E-state index in [0.29, 0.717) is 15.2 Å². The molecule has 142 valence electrons. The molecule has 0 aliphatic heterocycles. The van der Waals surface area contributed by atoms with Crippen LogP contribution in [0.4, 0.5) is 0 Å². The third kappa shape index (κ3) is 3.92. The Hall–Kier alpha value is -2.18. The molecule has 5 nitrogen and oxygen atoms in total. The van der Waals surface area contributed by atoms with Gasteiger partial charge in [-0.25, -0.2) is 4.98 Å². The predicted octanol–water partition coefficient (Wildman–Crippen LogP) is 4.42. The van der Waals surface area contributed by atoms with E-state index in [1.54, 1.807) is 17.0 Å². The van der Waals surface area contributed by atoms with Crippen LogP contribution in [0.1, 0.15) is 27.7 Å². The summed E-state index contributed by atoms with van der Waals surface area (Å²) in [6, 6.07) is 7.48. The first-order chi connectivity index (χ1) is 12.8. The smallest absolute Gasteiger partial charge is 0.263 e. The van der Waals surface area contributed by atoms with Gasteiger partial charge in [-0.05, 0) is 45.4 Å². The monoisotopic (exact) mass is 403 g/mol. The second kappa shape index (κ2) is 7.82. The maximum absolute atomic E-state index is 13.1.